The van der Waals surface area contributed by atoms with E-state index in [4.69, 9.17) is 0 Å². The zero-order valence-corrected chi connectivity index (χ0v) is 15.4. The molecule has 3 aromatic heterocycles. The first-order valence-electron chi connectivity index (χ1n) is 9.03. The van der Waals surface area contributed by atoms with Crippen LogP contribution in [0.2, 0.25) is 0 Å². The molecule has 0 aromatic carbocycles. The smallest absolute Gasteiger partial charge is 0.271 e. The molecule has 1 N–H and O–H groups in total. The molecule has 0 spiro atoms. The van der Waals surface area contributed by atoms with Crippen molar-refractivity contribution in [3.05, 3.63) is 77.9 Å². The second-order valence-electron chi connectivity index (χ2n) is 6.75. The first-order chi connectivity index (χ1) is 13.6. The highest BCUT2D eigenvalue weighted by Crippen LogP contribution is 2.20. The van der Waals surface area contributed by atoms with Crippen LogP contribution in [-0.4, -0.2) is 48.8 Å². The number of hydrogen-bond acceptors (Lipinski definition) is 5. The molecule has 1 unspecified atom stereocenters. The number of nitrogens with one attached hydrogen (secondary N) is 1. The minimum atomic E-state index is -0.306. The van der Waals surface area contributed by atoms with Crippen molar-refractivity contribution in [1.82, 2.24) is 29.7 Å². The van der Waals surface area contributed by atoms with Gasteiger partial charge in [0.05, 0.1) is 17.9 Å². The maximum Gasteiger partial charge on any atom is 0.271 e. The lowest BCUT2D eigenvalue weighted by atomic mass is 10.1. The van der Waals surface area contributed by atoms with Crippen molar-refractivity contribution in [3.63, 3.8) is 0 Å². The van der Waals surface area contributed by atoms with Crippen molar-refractivity contribution in [1.29, 1.82) is 0 Å². The van der Waals surface area contributed by atoms with Gasteiger partial charge in [-0.05, 0) is 30.7 Å². The van der Waals surface area contributed by atoms with Crippen LogP contribution in [0, 0.1) is 6.92 Å². The largest absolute Gasteiger partial charge is 0.349 e. The summed E-state index contributed by atoms with van der Waals surface area (Å²) in [6.07, 6.45) is 8.34. The lowest BCUT2D eigenvalue weighted by molar-refractivity contribution is 0.0562. The van der Waals surface area contributed by atoms with Gasteiger partial charge >= 0.3 is 0 Å². The van der Waals surface area contributed by atoms with Gasteiger partial charge < -0.3 is 14.8 Å². The van der Waals surface area contributed by atoms with Crippen LogP contribution in [0.5, 0.6) is 0 Å². The fourth-order valence-corrected chi connectivity index (χ4v) is 3.28. The molecule has 8 heteroatoms. The van der Waals surface area contributed by atoms with E-state index >= 15 is 0 Å². The molecule has 0 saturated carbocycles. The van der Waals surface area contributed by atoms with E-state index in [1.165, 1.54) is 6.20 Å². The Morgan fingerprint density at radius 3 is 2.86 bits per heavy atom. The van der Waals surface area contributed by atoms with Crippen LogP contribution in [0.25, 0.3) is 0 Å². The molecule has 1 atom stereocenters. The first-order valence-corrected chi connectivity index (χ1v) is 9.03. The number of pyridine rings is 1. The van der Waals surface area contributed by atoms with Gasteiger partial charge in [0.25, 0.3) is 11.8 Å². The third-order valence-corrected chi connectivity index (χ3v) is 4.75. The topological polar surface area (TPSA) is 93.0 Å². The lowest BCUT2D eigenvalue weighted by Crippen LogP contribution is -2.52. The molecule has 0 bridgehead atoms. The molecule has 0 radical (unpaired) electrons. The zero-order valence-electron chi connectivity index (χ0n) is 15.4. The fraction of sp³-hybridized carbons (Fsp3) is 0.250. The zero-order chi connectivity index (χ0) is 19.5. The Morgan fingerprint density at radius 2 is 2.11 bits per heavy atom. The van der Waals surface area contributed by atoms with Crippen LogP contribution in [0.4, 0.5) is 0 Å². The van der Waals surface area contributed by atoms with Gasteiger partial charge in [-0.15, -0.1) is 0 Å². The SMILES string of the molecule is Cc1cnc(C(=O)NCC2Cn3cccc3C(=O)N2Cc2cccnc2)cn1. The van der Waals surface area contributed by atoms with Gasteiger partial charge in [0.15, 0.2) is 0 Å². The number of carbonyl (C=O) groups excluding carboxylic acids is 2. The van der Waals surface area contributed by atoms with E-state index < -0.39 is 0 Å². The highest BCUT2D eigenvalue weighted by atomic mass is 16.2. The quantitative estimate of drug-likeness (QED) is 0.727. The Bertz CT molecular complexity index is 983. The molecule has 4 heterocycles. The maximum absolute atomic E-state index is 13.0. The molecule has 142 valence electrons. The van der Waals surface area contributed by atoms with Crippen LogP contribution < -0.4 is 5.32 Å². The van der Waals surface area contributed by atoms with Crippen molar-refractivity contribution in [2.45, 2.75) is 26.1 Å². The minimum absolute atomic E-state index is 0.0607. The first kappa shape index (κ1) is 17.8. The van der Waals surface area contributed by atoms with Crippen molar-refractivity contribution >= 4 is 11.8 Å². The summed E-state index contributed by atoms with van der Waals surface area (Å²) in [6, 6.07) is 7.27. The normalized spacial score (nSPS) is 16.0. The summed E-state index contributed by atoms with van der Waals surface area (Å²) in [4.78, 5) is 39.5. The van der Waals surface area contributed by atoms with E-state index in [2.05, 4.69) is 20.3 Å². The summed E-state index contributed by atoms with van der Waals surface area (Å²) >= 11 is 0. The number of amides is 2. The maximum atomic E-state index is 13.0. The van der Waals surface area contributed by atoms with Gasteiger partial charge in [0.1, 0.15) is 11.4 Å². The highest BCUT2D eigenvalue weighted by Gasteiger charge is 2.32. The third-order valence-electron chi connectivity index (χ3n) is 4.75. The Kier molecular flexibility index (Phi) is 4.84. The van der Waals surface area contributed by atoms with Crippen molar-refractivity contribution < 1.29 is 9.59 Å². The summed E-state index contributed by atoms with van der Waals surface area (Å²) in [5, 5.41) is 2.88. The molecule has 0 aliphatic carbocycles. The standard InChI is InChI=1S/C20H20N6O2/c1-14-8-23-17(11-22-14)19(27)24-10-16-13-25-7-3-5-18(25)20(28)26(16)12-15-4-2-6-21-9-15/h2-9,11,16H,10,12-13H2,1H3,(H,24,27). The predicted molar refractivity (Wildman–Crippen MR) is 101 cm³/mol. The molecule has 1 aliphatic heterocycles. The van der Waals surface area contributed by atoms with E-state index in [0.717, 1.165) is 11.3 Å². The number of fused-ring (bicyclic) bond motifs is 1. The second-order valence-corrected chi connectivity index (χ2v) is 6.75. The van der Waals surface area contributed by atoms with Gasteiger partial charge in [-0.1, -0.05) is 6.07 Å². The van der Waals surface area contributed by atoms with E-state index in [9.17, 15) is 9.59 Å². The Morgan fingerprint density at radius 1 is 1.21 bits per heavy atom. The third kappa shape index (κ3) is 3.62. The van der Waals surface area contributed by atoms with Crippen LogP contribution in [0.15, 0.2) is 55.2 Å². The molecular formula is C20H20N6O2. The van der Waals surface area contributed by atoms with Gasteiger partial charge in [-0.25, -0.2) is 4.98 Å². The highest BCUT2D eigenvalue weighted by molar-refractivity contribution is 5.94. The number of hydrogen-bond donors (Lipinski definition) is 1. The molecule has 8 nitrogen and oxygen atoms in total. The number of aromatic nitrogens is 4. The Labute approximate surface area is 162 Å². The minimum Gasteiger partial charge on any atom is -0.349 e. The molecule has 3 aromatic rings. The molecule has 0 saturated heterocycles. The summed E-state index contributed by atoms with van der Waals surface area (Å²) in [5.74, 6) is -0.367. The molecule has 4 rings (SSSR count). The van der Waals surface area contributed by atoms with E-state index in [1.54, 1.807) is 23.5 Å². The number of rotatable bonds is 5. The molecule has 0 fully saturated rings. The number of nitrogens with zero attached hydrogens (tertiary/aromatic N) is 5. The average Bonchev–Trinajstić information content (AvgIpc) is 3.19. The Balaban J connectivity index is 1.51. The molecule has 2 amide bonds. The van der Waals surface area contributed by atoms with Crippen LogP contribution in [-0.2, 0) is 13.1 Å². The molecular weight excluding hydrogens is 356 g/mol. The van der Waals surface area contributed by atoms with Gasteiger partial charge in [0.2, 0.25) is 0 Å². The lowest BCUT2D eigenvalue weighted by Gasteiger charge is -2.36. The monoisotopic (exact) mass is 376 g/mol. The molecule has 28 heavy (non-hydrogen) atoms. The van der Waals surface area contributed by atoms with Gasteiger partial charge in [-0.2, -0.15) is 0 Å². The molecule has 1 aliphatic rings. The van der Waals surface area contributed by atoms with Crippen LogP contribution >= 0.6 is 0 Å². The summed E-state index contributed by atoms with van der Waals surface area (Å²) < 4.78 is 1.92. The number of carbonyl (C=O) groups is 2. The van der Waals surface area contributed by atoms with Crippen molar-refractivity contribution in [3.8, 4) is 0 Å². The number of aryl methyl sites for hydroxylation is 1. The predicted octanol–water partition coefficient (Wildman–Crippen LogP) is 1.44. The average molecular weight is 376 g/mol. The van der Waals surface area contributed by atoms with E-state index in [-0.39, 0.29) is 23.6 Å². The summed E-state index contributed by atoms with van der Waals surface area (Å²) in [7, 11) is 0. The Hall–Kier alpha value is -3.55. The van der Waals surface area contributed by atoms with Crippen molar-refractivity contribution in [2.24, 2.45) is 0 Å². The van der Waals surface area contributed by atoms with Gasteiger partial charge in [-0.3, -0.25) is 19.6 Å². The summed E-state index contributed by atoms with van der Waals surface area (Å²) in [6.45, 7) is 3.17. The van der Waals surface area contributed by atoms with Crippen LogP contribution in [0.1, 0.15) is 32.2 Å². The van der Waals surface area contributed by atoms with E-state index in [1.807, 2.05) is 42.0 Å². The second kappa shape index (κ2) is 7.59. The van der Waals surface area contributed by atoms with Crippen LogP contribution in [0.3, 0.4) is 0 Å². The summed E-state index contributed by atoms with van der Waals surface area (Å²) in [5.41, 5.74) is 2.60. The van der Waals surface area contributed by atoms with E-state index in [0.29, 0.717) is 25.3 Å². The van der Waals surface area contributed by atoms with Gasteiger partial charge in [0, 0.05) is 44.4 Å². The van der Waals surface area contributed by atoms with Crippen molar-refractivity contribution in [2.75, 3.05) is 6.54 Å². The fourth-order valence-electron chi connectivity index (χ4n) is 3.28.